The first-order chi connectivity index (χ1) is 10.7. The predicted molar refractivity (Wildman–Crippen MR) is 84.7 cm³/mol. The Balaban J connectivity index is 2.07. The quantitative estimate of drug-likeness (QED) is 0.851. The van der Waals surface area contributed by atoms with Crippen LogP contribution in [0.4, 0.5) is 5.95 Å². The lowest BCUT2D eigenvalue weighted by molar-refractivity contribution is 0.122. The van der Waals surface area contributed by atoms with Gasteiger partial charge in [0.05, 0.1) is 18.9 Å². The molecular weight excluding hydrogens is 276 g/mol. The smallest absolute Gasteiger partial charge is 0.227 e. The van der Waals surface area contributed by atoms with Crippen molar-refractivity contribution in [3.05, 3.63) is 41.1 Å². The Kier molecular flexibility index (Phi) is 4.03. The average molecular weight is 294 g/mol. The van der Waals surface area contributed by atoms with E-state index < -0.39 is 0 Å². The molecule has 1 aromatic heterocycles. The Morgan fingerprint density at radius 1 is 1.14 bits per heavy atom. The highest BCUT2D eigenvalue weighted by Crippen LogP contribution is 2.25. The Morgan fingerprint density at radius 3 is 2.64 bits per heavy atom. The van der Waals surface area contributed by atoms with Crippen molar-refractivity contribution in [3.8, 4) is 17.3 Å². The van der Waals surface area contributed by atoms with Crippen LogP contribution in [-0.2, 0) is 4.74 Å². The highest BCUT2D eigenvalue weighted by molar-refractivity contribution is 5.66. The molecule has 2 heterocycles. The first-order valence-electron chi connectivity index (χ1n) is 7.37. The van der Waals surface area contributed by atoms with Crippen molar-refractivity contribution >= 4 is 5.95 Å². The number of aryl methyl sites for hydroxylation is 2. The molecule has 112 valence electrons. The van der Waals surface area contributed by atoms with Gasteiger partial charge in [-0.25, -0.2) is 9.97 Å². The van der Waals surface area contributed by atoms with Crippen molar-refractivity contribution < 1.29 is 4.74 Å². The fraction of sp³-hybridized carbons (Fsp3) is 0.353. The summed E-state index contributed by atoms with van der Waals surface area (Å²) in [6.45, 7) is 6.94. The number of nitriles is 1. The fourth-order valence-corrected chi connectivity index (χ4v) is 2.55. The average Bonchev–Trinajstić information content (AvgIpc) is 2.57. The highest BCUT2D eigenvalue weighted by Gasteiger charge is 2.16. The molecule has 0 saturated carbocycles. The van der Waals surface area contributed by atoms with Crippen LogP contribution >= 0.6 is 0 Å². The van der Waals surface area contributed by atoms with Gasteiger partial charge in [0.25, 0.3) is 0 Å². The van der Waals surface area contributed by atoms with Crippen LogP contribution in [0, 0.1) is 25.2 Å². The van der Waals surface area contributed by atoms with Gasteiger partial charge in [-0.3, -0.25) is 0 Å². The van der Waals surface area contributed by atoms with Gasteiger partial charge in [-0.1, -0.05) is 17.7 Å². The Labute approximate surface area is 130 Å². The van der Waals surface area contributed by atoms with Crippen LogP contribution in [0.5, 0.6) is 0 Å². The van der Waals surface area contributed by atoms with Crippen molar-refractivity contribution in [3.63, 3.8) is 0 Å². The number of benzene rings is 1. The summed E-state index contributed by atoms with van der Waals surface area (Å²) in [5, 5.41) is 9.27. The number of nitrogens with zero attached hydrogens (tertiary/aromatic N) is 4. The van der Waals surface area contributed by atoms with Gasteiger partial charge in [0.1, 0.15) is 11.8 Å². The Bertz CT molecular complexity index is 730. The van der Waals surface area contributed by atoms with Gasteiger partial charge >= 0.3 is 0 Å². The molecule has 0 amide bonds. The molecule has 5 heteroatoms. The lowest BCUT2D eigenvalue weighted by Gasteiger charge is -2.27. The van der Waals surface area contributed by atoms with Crippen LogP contribution in [0.25, 0.3) is 11.3 Å². The van der Waals surface area contributed by atoms with Gasteiger partial charge < -0.3 is 9.64 Å². The van der Waals surface area contributed by atoms with Gasteiger partial charge in [0.15, 0.2) is 0 Å². The summed E-state index contributed by atoms with van der Waals surface area (Å²) in [6.07, 6.45) is 0. The van der Waals surface area contributed by atoms with Crippen molar-refractivity contribution in [1.29, 1.82) is 5.26 Å². The maximum Gasteiger partial charge on any atom is 0.227 e. The van der Waals surface area contributed by atoms with Gasteiger partial charge in [0, 0.05) is 24.7 Å². The molecule has 0 atom stereocenters. The maximum atomic E-state index is 9.27. The van der Waals surface area contributed by atoms with Crippen molar-refractivity contribution in [2.45, 2.75) is 13.8 Å². The molecule has 0 N–H and O–H groups in total. The van der Waals surface area contributed by atoms with E-state index in [9.17, 15) is 5.26 Å². The molecule has 1 aliphatic rings. The number of rotatable bonds is 2. The van der Waals surface area contributed by atoms with Crippen LogP contribution < -0.4 is 4.90 Å². The van der Waals surface area contributed by atoms with E-state index in [2.05, 4.69) is 53.0 Å². The molecule has 22 heavy (non-hydrogen) atoms. The summed E-state index contributed by atoms with van der Waals surface area (Å²) in [4.78, 5) is 11.1. The molecule has 5 nitrogen and oxygen atoms in total. The second kappa shape index (κ2) is 6.12. The van der Waals surface area contributed by atoms with Gasteiger partial charge in [-0.05, 0) is 25.5 Å². The third-order valence-corrected chi connectivity index (χ3v) is 3.79. The first-order valence-corrected chi connectivity index (χ1v) is 7.37. The molecule has 0 radical (unpaired) electrons. The highest BCUT2D eigenvalue weighted by atomic mass is 16.5. The summed E-state index contributed by atoms with van der Waals surface area (Å²) in [7, 11) is 0. The lowest BCUT2D eigenvalue weighted by Crippen LogP contribution is -2.37. The van der Waals surface area contributed by atoms with Gasteiger partial charge in [-0.15, -0.1) is 0 Å². The van der Waals surface area contributed by atoms with Crippen LogP contribution in [0.15, 0.2) is 24.3 Å². The Morgan fingerprint density at radius 2 is 1.91 bits per heavy atom. The number of anilines is 1. The summed E-state index contributed by atoms with van der Waals surface area (Å²) in [5.74, 6) is 0.609. The number of hydrogen-bond donors (Lipinski definition) is 0. The lowest BCUT2D eigenvalue weighted by atomic mass is 10.0. The van der Waals surface area contributed by atoms with Crippen LogP contribution in [0.2, 0.25) is 0 Å². The zero-order valence-electron chi connectivity index (χ0n) is 12.8. The number of ether oxygens (including phenoxy) is 1. The van der Waals surface area contributed by atoms with Crippen molar-refractivity contribution in [2.75, 3.05) is 31.2 Å². The normalized spacial score (nSPS) is 14.7. The molecule has 1 aromatic carbocycles. The van der Waals surface area contributed by atoms with E-state index in [4.69, 9.17) is 4.74 Å². The SMILES string of the molecule is Cc1ccc(C)c(-c2cc(C#N)nc(N3CCOCC3)n2)c1. The van der Waals surface area contributed by atoms with E-state index in [-0.39, 0.29) is 0 Å². The fourth-order valence-electron chi connectivity index (χ4n) is 2.55. The zero-order valence-corrected chi connectivity index (χ0v) is 12.8. The third kappa shape index (κ3) is 2.92. The van der Waals surface area contributed by atoms with E-state index in [0.29, 0.717) is 24.9 Å². The second-order valence-electron chi connectivity index (χ2n) is 5.47. The molecule has 3 rings (SSSR count). The standard InChI is InChI=1S/C17H18N4O/c1-12-3-4-13(2)15(9-12)16-10-14(11-18)19-17(20-16)21-5-7-22-8-6-21/h3-4,9-10H,5-8H2,1-2H3. The zero-order chi connectivity index (χ0) is 15.5. The van der Waals surface area contributed by atoms with E-state index in [1.807, 2.05) is 0 Å². The topological polar surface area (TPSA) is 62.0 Å². The summed E-state index contributed by atoms with van der Waals surface area (Å²) >= 11 is 0. The van der Waals surface area contributed by atoms with Crippen LogP contribution in [0.3, 0.4) is 0 Å². The number of aromatic nitrogens is 2. The van der Waals surface area contributed by atoms with E-state index >= 15 is 0 Å². The summed E-state index contributed by atoms with van der Waals surface area (Å²) in [5.41, 5.74) is 4.56. The number of morpholine rings is 1. The molecule has 1 fully saturated rings. The molecule has 0 spiro atoms. The van der Waals surface area contributed by atoms with E-state index in [0.717, 1.165) is 29.9 Å². The molecule has 2 aromatic rings. The first kappa shape index (κ1) is 14.5. The minimum atomic E-state index is 0.396. The van der Waals surface area contributed by atoms with Gasteiger partial charge in [0.2, 0.25) is 5.95 Å². The van der Waals surface area contributed by atoms with Gasteiger partial charge in [-0.2, -0.15) is 5.26 Å². The second-order valence-corrected chi connectivity index (χ2v) is 5.47. The largest absolute Gasteiger partial charge is 0.378 e. The molecule has 0 unspecified atom stereocenters. The molecule has 0 aliphatic carbocycles. The third-order valence-electron chi connectivity index (χ3n) is 3.79. The minimum absolute atomic E-state index is 0.396. The van der Waals surface area contributed by atoms with E-state index in [1.54, 1.807) is 6.07 Å². The monoisotopic (exact) mass is 294 g/mol. The van der Waals surface area contributed by atoms with Crippen molar-refractivity contribution in [2.24, 2.45) is 0 Å². The number of hydrogen-bond acceptors (Lipinski definition) is 5. The Hall–Kier alpha value is -2.45. The minimum Gasteiger partial charge on any atom is -0.378 e. The van der Waals surface area contributed by atoms with Crippen LogP contribution in [0.1, 0.15) is 16.8 Å². The van der Waals surface area contributed by atoms with Crippen molar-refractivity contribution in [1.82, 2.24) is 9.97 Å². The summed E-state index contributed by atoms with van der Waals surface area (Å²) in [6, 6.07) is 10.2. The summed E-state index contributed by atoms with van der Waals surface area (Å²) < 4.78 is 5.37. The molecular formula is C17H18N4O. The van der Waals surface area contributed by atoms with Crippen LogP contribution in [-0.4, -0.2) is 36.3 Å². The molecule has 1 saturated heterocycles. The van der Waals surface area contributed by atoms with E-state index in [1.165, 1.54) is 5.56 Å². The molecule has 0 bridgehead atoms. The molecule has 1 aliphatic heterocycles. The predicted octanol–water partition coefficient (Wildman–Crippen LogP) is 2.47. The maximum absolute atomic E-state index is 9.27.